The number of nitrogens with zero attached hydrogens (tertiary/aromatic N) is 2. The molecular weight excluding hydrogens is 415 g/mol. The third kappa shape index (κ3) is 5.96. The van der Waals surface area contributed by atoms with Gasteiger partial charge in [-0.25, -0.2) is 9.78 Å². The third-order valence-electron chi connectivity index (χ3n) is 3.99. The van der Waals surface area contributed by atoms with E-state index < -0.39 is 6.36 Å². The number of nitrogens with one attached hydrogen (secondary N) is 1. The van der Waals surface area contributed by atoms with Crippen LogP contribution in [0.4, 0.5) is 23.7 Å². The van der Waals surface area contributed by atoms with E-state index in [1.54, 1.807) is 6.20 Å². The Morgan fingerprint density at radius 1 is 1.20 bits per heavy atom. The predicted octanol–water partition coefficient (Wildman–Crippen LogP) is 5.83. The fourth-order valence-corrected chi connectivity index (χ4v) is 3.42. The summed E-state index contributed by atoms with van der Waals surface area (Å²) in [7, 11) is 0. The van der Waals surface area contributed by atoms with Crippen LogP contribution < -0.4 is 15.0 Å². The van der Waals surface area contributed by atoms with Crippen LogP contribution >= 0.6 is 11.3 Å². The van der Waals surface area contributed by atoms with Crippen LogP contribution in [0.3, 0.4) is 0 Å². The van der Waals surface area contributed by atoms with Crippen LogP contribution in [0.25, 0.3) is 10.6 Å². The van der Waals surface area contributed by atoms with E-state index in [0.29, 0.717) is 5.69 Å². The number of carbonyl (C=O) groups excluding carboxylic acids is 1. The number of hydrogen-bond acceptors (Lipinski definition) is 4. The number of benzene rings is 2. The van der Waals surface area contributed by atoms with Gasteiger partial charge in [0.05, 0.1) is 6.54 Å². The lowest BCUT2D eigenvalue weighted by molar-refractivity contribution is -0.274. The normalized spacial score (nSPS) is 11.4. The second kappa shape index (κ2) is 9.17. The summed E-state index contributed by atoms with van der Waals surface area (Å²) in [6.45, 7) is 3.90. The Kier molecular flexibility index (Phi) is 6.61. The Bertz CT molecular complexity index is 974. The number of carbonyl (C=O) groups is 1. The SMILES string of the molecule is CC(C)NC(=O)N(Cc1cccc(-c2nccs2)c1)c1ccc(OC(F)(F)F)cc1. The zero-order valence-electron chi connectivity index (χ0n) is 16.3. The molecule has 2 aromatic carbocycles. The Morgan fingerprint density at radius 2 is 1.93 bits per heavy atom. The van der Waals surface area contributed by atoms with Gasteiger partial charge in [0.2, 0.25) is 0 Å². The summed E-state index contributed by atoms with van der Waals surface area (Å²) in [4.78, 5) is 18.5. The molecule has 0 bridgehead atoms. The molecule has 0 aliphatic rings. The molecule has 0 aliphatic carbocycles. The predicted molar refractivity (Wildman–Crippen MR) is 111 cm³/mol. The van der Waals surface area contributed by atoms with E-state index in [-0.39, 0.29) is 24.4 Å². The molecule has 0 unspecified atom stereocenters. The van der Waals surface area contributed by atoms with Gasteiger partial charge in [-0.3, -0.25) is 4.90 Å². The van der Waals surface area contributed by atoms with Crippen LogP contribution in [0, 0.1) is 0 Å². The molecule has 0 saturated heterocycles. The molecule has 30 heavy (non-hydrogen) atoms. The van der Waals surface area contributed by atoms with Gasteiger partial charge >= 0.3 is 12.4 Å². The van der Waals surface area contributed by atoms with E-state index in [2.05, 4.69) is 15.0 Å². The van der Waals surface area contributed by atoms with Gasteiger partial charge in [-0.15, -0.1) is 24.5 Å². The fourth-order valence-electron chi connectivity index (χ4n) is 2.78. The number of thiazole rings is 1. The fraction of sp³-hybridized carbons (Fsp3) is 0.238. The van der Waals surface area contributed by atoms with Crippen molar-refractivity contribution >= 4 is 23.1 Å². The van der Waals surface area contributed by atoms with Crippen molar-refractivity contribution in [3.63, 3.8) is 0 Å². The topological polar surface area (TPSA) is 54.5 Å². The van der Waals surface area contributed by atoms with Crippen LogP contribution in [0.5, 0.6) is 5.75 Å². The van der Waals surface area contributed by atoms with Crippen molar-refractivity contribution in [2.75, 3.05) is 4.90 Å². The highest BCUT2D eigenvalue weighted by atomic mass is 32.1. The van der Waals surface area contributed by atoms with Crippen molar-refractivity contribution in [3.05, 3.63) is 65.7 Å². The van der Waals surface area contributed by atoms with Crippen LogP contribution in [0.1, 0.15) is 19.4 Å². The summed E-state index contributed by atoms with van der Waals surface area (Å²) >= 11 is 1.51. The molecule has 3 rings (SSSR count). The maximum absolute atomic E-state index is 12.8. The minimum Gasteiger partial charge on any atom is -0.406 e. The molecule has 1 aromatic heterocycles. The largest absolute Gasteiger partial charge is 0.573 e. The van der Waals surface area contributed by atoms with E-state index in [9.17, 15) is 18.0 Å². The second-order valence-electron chi connectivity index (χ2n) is 6.77. The Morgan fingerprint density at radius 3 is 2.53 bits per heavy atom. The smallest absolute Gasteiger partial charge is 0.406 e. The van der Waals surface area contributed by atoms with Crippen LogP contribution in [0.15, 0.2) is 60.1 Å². The number of alkyl halides is 3. The zero-order valence-corrected chi connectivity index (χ0v) is 17.1. The number of aromatic nitrogens is 1. The van der Waals surface area contributed by atoms with Gasteiger partial charge in [-0.05, 0) is 49.7 Å². The molecule has 0 aliphatic heterocycles. The van der Waals surface area contributed by atoms with Gasteiger partial charge in [-0.1, -0.05) is 18.2 Å². The lowest BCUT2D eigenvalue weighted by atomic mass is 10.1. The van der Waals surface area contributed by atoms with Crippen molar-refractivity contribution in [2.24, 2.45) is 0 Å². The maximum Gasteiger partial charge on any atom is 0.573 e. The Hall–Kier alpha value is -3.07. The highest BCUT2D eigenvalue weighted by Gasteiger charge is 2.31. The summed E-state index contributed by atoms with van der Waals surface area (Å²) in [5.74, 6) is -0.346. The van der Waals surface area contributed by atoms with Crippen molar-refractivity contribution in [1.29, 1.82) is 0 Å². The molecule has 0 atom stereocenters. The third-order valence-corrected chi connectivity index (χ3v) is 4.81. The molecule has 0 radical (unpaired) electrons. The average molecular weight is 435 g/mol. The molecular formula is C21H20F3N3O2S. The highest BCUT2D eigenvalue weighted by Crippen LogP contribution is 2.27. The molecule has 3 aromatic rings. The van der Waals surface area contributed by atoms with Gasteiger partial charge < -0.3 is 10.1 Å². The molecule has 5 nitrogen and oxygen atoms in total. The quantitative estimate of drug-likeness (QED) is 0.530. The summed E-state index contributed by atoms with van der Waals surface area (Å²) in [6.07, 6.45) is -3.05. The Balaban J connectivity index is 1.86. The molecule has 9 heteroatoms. The van der Waals surface area contributed by atoms with Crippen molar-refractivity contribution in [2.45, 2.75) is 32.8 Å². The summed E-state index contributed by atoms with van der Waals surface area (Å²) in [5.41, 5.74) is 2.24. The highest BCUT2D eigenvalue weighted by molar-refractivity contribution is 7.13. The monoisotopic (exact) mass is 435 g/mol. The second-order valence-corrected chi connectivity index (χ2v) is 7.66. The minimum atomic E-state index is -4.77. The number of hydrogen-bond donors (Lipinski definition) is 1. The number of amides is 2. The van der Waals surface area contributed by atoms with Gasteiger partial charge in [-0.2, -0.15) is 0 Å². The summed E-state index contributed by atoms with van der Waals surface area (Å²) in [6, 6.07) is 12.4. The molecule has 1 heterocycles. The first-order valence-corrected chi connectivity index (χ1v) is 10.0. The van der Waals surface area contributed by atoms with E-state index >= 15 is 0 Å². The zero-order chi connectivity index (χ0) is 21.7. The van der Waals surface area contributed by atoms with E-state index in [0.717, 1.165) is 16.1 Å². The summed E-state index contributed by atoms with van der Waals surface area (Å²) in [5, 5.41) is 5.57. The van der Waals surface area contributed by atoms with Gasteiger partial charge in [0.15, 0.2) is 0 Å². The van der Waals surface area contributed by atoms with Crippen molar-refractivity contribution < 1.29 is 22.7 Å². The number of anilines is 1. The van der Waals surface area contributed by atoms with Gasteiger partial charge in [0, 0.05) is 28.9 Å². The van der Waals surface area contributed by atoms with Gasteiger partial charge in [0.25, 0.3) is 0 Å². The molecule has 1 N–H and O–H groups in total. The van der Waals surface area contributed by atoms with Crippen molar-refractivity contribution in [1.82, 2.24) is 10.3 Å². The first-order valence-electron chi connectivity index (χ1n) is 9.14. The maximum atomic E-state index is 12.8. The number of urea groups is 1. The molecule has 158 valence electrons. The number of rotatable bonds is 6. The lowest BCUT2D eigenvalue weighted by Gasteiger charge is -2.25. The number of halogens is 3. The van der Waals surface area contributed by atoms with Crippen LogP contribution in [-0.4, -0.2) is 23.4 Å². The van der Waals surface area contributed by atoms with Crippen LogP contribution in [0.2, 0.25) is 0 Å². The molecule has 2 amide bonds. The number of ether oxygens (including phenoxy) is 1. The Labute approximate surface area is 176 Å². The lowest BCUT2D eigenvalue weighted by Crippen LogP contribution is -2.42. The van der Waals surface area contributed by atoms with Gasteiger partial charge in [0.1, 0.15) is 10.8 Å². The standard InChI is InChI=1S/C21H20F3N3O2S/c1-14(2)26-20(28)27(17-6-8-18(9-7-17)29-21(22,23)24)13-15-4-3-5-16(12-15)19-25-10-11-30-19/h3-12,14H,13H2,1-2H3,(H,26,28). The van der Waals surface area contributed by atoms with E-state index in [4.69, 9.17) is 0 Å². The first kappa shape index (κ1) is 21.6. The van der Waals surface area contributed by atoms with E-state index in [1.165, 1.54) is 40.5 Å². The van der Waals surface area contributed by atoms with Crippen LogP contribution in [-0.2, 0) is 6.54 Å². The first-order chi connectivity index (χ1) is 14.2. The molecule has 0 fully saturated rings. The molecule has 0 saturated carbocycles. The minimum absolute atomic E-state index is 0.102. The summed E-state index contributed by atoms with van der Waals surface area (Å²) < 4.78 is 41.2. The average Bonchev–Trinajstić information content (AvgIpc) is 3.20. The van der Waals surface area contributed by atoms with Crippen molar-refractivity contribution in [3.8, 4) is 16.3 Å². The molecule has 0 spiro atoms. The van der Waals surface area contributed by atoms with E-state index in [1.807, 2.05) is 43.5 Å².